The number of carbonyl (C=O) groups excluding carboxylic acids is 1. The Balaban J connectivity index is 0.00000132. The number of carbonyl (C=O) groups is 1. The molecule has 1 aliphatic heterocycles. The molecule has 3 heterocycles. The molecule has 1 atom stereocenters. The summed E-state index contributed by atoms with van der Waals surface area (Å²) in [5.74, 6) is 0.650. The zero-order chi connectivity index (χ0) is 14.5. The van der Waals surface area contributed by atoms with Crippen LogP contribution in [0.5, 0.6) is 0 Å². The van der Waals surface area contributed by atoms with E-state index >= 15 is 0 Å². The number of hydrogen-bond acceptors (Lipinski definition) is 5. The number of rotatable bonds is 5. The molecule has 0 radical (unpaired) electrons. The van der Waals surface area contributed by atoms with Crippen molar-refractivity contribution in [2.24, 2.45) is 5.92 Å². The zero-order valence-electron chi connectivity index (χ0n) is 12.5. The molecule has 1 aliphatic rings. The molecule has 2 aromatic rings. The molecule has 0 aromatic carbocycles. The molecule has 8 heteroatoms. The van der Waals surface area contributed by atoms with Crippen LogP contribution in [0.3, 0.4) is 0 Å². The summed E-state index contributed by atoms with van der Waals surface area (Å²) in [7, 11) is 0. The molecule has 2 N–H and O–H groups in total. The number of nitrogens with zero attached hydrogens (tertiary/aromatic N) is 2. The average Bonchev–Trinajstić information content (AvgIpc) is 3.20. The van der Waals surface area contributed by atoms with Crippen molar-refractivity contribution in [3.63, 3.8) is 0 Å². The van der Waals surface area contributed by atoms with Crippen LogP contribution in [-0.4, -0.2) is 35.5 Å². The minimum absolute atomic E-state index is 0. The van der Waals surface area contributed by atoms with Crippen molar-refractivity contribution in [1.82, 2.24) is 20.6 Å². The van der Waals surface area contributed by atoms with E-state index in [2.05, 4.69) is 20.6 Å². The first-order valence-corrected chi connectivity index (χ1v) is 8.01. The van der Waals surface area contributed by atoms with Gasteiger partial charge in [0.2, 0.25) is 0 Å². The zero-order valence-corrected chi connectivity index (χ0v) is 15.0. The number of halogens is 2. The van der Waals surface area contributed by atoms with Gasteiger partial charge in [-0.25, -0.2) is 4.98 Å². The predicted molar refractivity (Wildman–Crippen MR) is 97.8 cm³/mol. The van der Waals surface area contributed by atoms with Crippen LogP contribution in [0.15, 0.2) is 30.6 Å². The van der Waals surface area contributed by atoms with Gasteiger partial charge in [0.05, 0.1) is 11.9 Å². The highest BCUT2D eigenvalue weighted by Crippen LogP contribution is 2.22. The summed E-state index contributed by atoms with van der Waals surface area (Å²) in [5.41, 5.74) is 0.804. The Morgan fingerprint density at radius 1 is 1.35 bits per heavy atom. The molecule has 23 heavy (non-hydrogen) atoms. The molecular formula is C15H20Cl2N4OS. The Kier molecular flexibility index (Phi) is 8.47. The molecule has 0 saturated carbocycles. The van der Waals surface area contributed by atoms with Crippen molar-refractivity contribution in [2.75, 3.05) is 19.6 Å². The third-order valence-electron chi connectivity index (χ3n) is 3.61. The monoisotopic (exact) mass is 374 g/mol. The highest BCUT2D eigenvalue weighted by atomic mass is 35.5. The van der Waals surface area contributed by atoms with Gasteiger partial charge in [0, 0.05) is 12.7 Å². The third-order valence-corrected chi connectivity index (χ3v) is 4.63. The number of amides is 1. The Hall–Kier alpha value is -1.21. The van der Waals surface area contributed by atoms with E-state index in [-0.39, 0.29) is 30.7 Å². The summed E-state index contributed by atoms with van der Waals surface area (Å²) in [4.78, 5) is 21.2. The minimum Gasteiger partial charge on any atom is -0.351 e. The second-order valence-corrected chi connectivity index (χ2v) is 6.18. The number of thiazole rings is 1. The van der Waals surface area contributed by atoms with E-state index in [1.807, 2.05) is 18.2 Å². The Morgan fingerprint density at radius 3 is 2.91 bits per heavy atom. The van der Waals surface area contributed by atoms with Gasteiger partial charge in [-0.05, 0) is 44.0 Å². The smallest absolute Gasteiger partial charge is 0.263 e. The molecule has 1 unspecified atom stereocenters. The summed E-state index contributed by atoms with van der Waals surface area (Å²) in [6, 6.07) is 5.68. The van der Waals surface area contributed by atoms with Gasteiger partial charge in [0.15, 0.2) is 0 Å². The lowest BCUT2D eigenvalue weighted by atomic mass is 10.1. The van der Waals surface area contributed by atoms with Crippen molar-refractivity contribution in [3.8, 4) is 10.7 Å². The first-order valence-electron chi connectivity index (χ1n) is 7.19. The molecular weight excluding hydrogens is 355 g/mol. The maximum Gasteiger partial charge on any atom is 0.263 e. The molecule has 0 spiro atoms. The number of hydrogen-bond donors (Lipinski definition) is 2. The summed E-state index contributed by atoms with van der Waals surface area (Å²) in [5, 5.41) is 7.09. The molecule has 1 fully saturated rings. The predicted octanol–water partition coefficient (Wildman–Crippen LogP) is 2.78. The van der Waals surface area contributed by atoms with Crippen LogP contribution in [0.4, 0.5) is 0 Å². The van der Waals surface area contributed by atoms with Crippen molar-refractivity contribution >= 4 is 42.1 Å². The summed E-state index contributed by atoms with van der Waals surface area (Å²) in [6.07, 6.45) is 5.60. The molecule has 0 bridgehead atoms. The third kappa shape index (κ3) is 5.42. The quantitative estimate of drug-likeness (QED) is 0.844. The first-order chi connectivity index (χ1) is 10.3. The van der Waals surface area contributed by atoms with Crippen molar-refractivity contribution < 1.29 is 4.79 Å². The maximum absolute atomic E-state index is 12.1. The highest BCUT2D eigenvalue weighted by molar-refractivity contribution is 7.16. The highest BCUT2D eigenvalue weighted by Gasteiger charge is 2.15. The van der Waals surface area contributed by atoms with Gasteiger partial charge in [-0.2, -0.15) is 0 Å². The Labute approximate surface area is 152 Å². The van der Waals surface area contributed by atoms with Crippen molar-refractivity contribution in [2.45, 2.75) is 12.8 Å². The van der Waals surface area contributed by atoms with Crippen LogP contribution in [0.1, 0.15) is 22.5 Å². The second kappa shape index (κ2) is 9.82. The largest absolute Gasteiger partial charge is 0.351 e. The molecule has 2 aromatic heterocycles. The maximum atomic E-state index is 12.1. The van der Waals surface area contributed by atoms with Crippen LogP contribution in [0.2, 0.25) is 0 Å². The van der Waals surface area contributed by atoms with E-state index in [0.29, 0.717) is 10.8 Å². The van der Waals surface area contributed by atoms with Gasteiger partial charge in [-0.15, -0.1) is 36.2 Å². The lowest BCUT2D eigenvalue weighted by Crippen LogP contribution is -2.25. The van der Waals surface area contributed by atoms with Gasteiger partial charge in [0.25, 0.3) is 5.91 Å². The average molecular weight is 375 g/mol. The topological polar surface area (TPSA) is 66.9 Å². The standard InChI is InChI=1S/C15H18N4OS.2ClH/c20-14(18-8-5-11-4-7-16-9-11)13-10-19-15(21-13)12-3-1-2-6-17-12;;/h1-3,6,10-11,16H,4-5,7-9H2,(H,18,20);2*1H. The van der Waals surface area contributed by atoms with E-state index in [0.717, 1.165) is 36.8 Å². The summed E-state index contributed by atoms with van der Waals surface area (Å²) >= 11 is 1.38. The van der Waals surface area contributed by atoms with Crippen molar-refractivity contribution in [3.05, 3.63) is 35.5 Å². The summed E-state index contributed by atoms with van der Waals surface area (Å²) in [6.45, 7) is 2.89. The Morgan fingerprint density at radius 2 is 2.22 bits per heavy atom. The van der Waals surface area contributed by atoms with Gasteiger partial charge < -0.3 is 10.6 Å². The van der Waals surface area contributed by atoms with E-state index in [1.165, 1.54) is 17.8 Å². The fourth-order valence-corrected chi connectivity index (χ4v) is 3.23. The summed E-state index contributed by atoms with van der Waals surface area (Å²) < 4.78 is 0. The van der Waals surface area contributed by atoms with E-state index in [9.17, 15) is 4.79 Å². The van der Waals surface area contributed by atoms with Crippen molar-refractivity contribution in [1.29, 1.82) is 0 Å². The SMILES string of the molecule is Cl.Cl.O=C(NCCC1CCNC1)c1cnc(-c2ccccn2)s1. The van der Waals surface area contributed by atoms with Gasteiger partial charge in [-0.1, -0.05) is 6.07 Å². The molecule has 1 amide bonds. The molecule has 3 rings (SSSR count). The second-order valence-electron chi connectivity index (χ2n) is 5.15. The Bertz CT molecular complexity index is 603. The van der Waals surface area contributed by atoms with E-state index in [1.54, 1.807) is 12.4 Å². The fourth-order valence-electron chi connectivity index (χ4n) is 2.42. The number of aromatic nitrogens is 2. The lowest BCUT2D eigenvalue weighted by Gasteiger charge is -2.08. The number of nitrogens with one attached hydrogen (secondary N) is 2. The molecule has 5 nitrogen and oxygen atoms in total. The number of pyridine rings is 1. The molecule has 126 valence electrons. The van der Waals surface area contributed by atoms with Crippen LogP contribution >= 0.6 is 36.2 Å². The normalized spacial score (nSPS) is 16.3. The van der Waals surface area contributed by atoms with Crippen LogP contribution in [0.25, 0.3) is 10.7 Å². The van der Waals surface area contributed by atoms with E-state index < -0.39 is 0 Å². The van der Waals surface area contributed by atoms with Gasteiger partial charge in [0.1, 0.15) is 9.88 Å². The van der Waals surface area contributed by atoms with E-state index in [4.69, 9.17) is 0 Å². The molecule has 0 aliphatic carbocycles. The van der Waals surface area contributed by atoms with Gasteiger partial charge >= 0.3 is 0 Å². The first kappa shape index (κ1) is 19.8. The van der Waals surface area contributed by atoms with Crippen LogP contribution in [-0.2, 0) is 0 Å². The van der Waals surface area contributed by atoms with Crippen LogP contribution < -0.4 is 10.6 Å². The van der Waals surface area contributed by atoms with Gasteiger partial charge in [-0.3, -0.25) is 9.78 Å². The minimum atomic E-state index is -0.0411. The lowest BCUT2D eigenvalue weighted by molar-refractivity contribution is 0.0955. The molecule has 1 saturated heterocycles. The fraction of sp³-hybridized carbons (Fsp3) is 0.400. The van der Waals surface area contributed by atoms with Crippen LogP contribution in [0, 0.1) is 5.92 Å².